The summed E-state index contributed by atoms with van der Waals surface area (Å²) in [7, 11) is 0. The molecule has 1 heterocycles. The fourth-order valence-corrected chi connectivity index (χ4v) is 2.64. The van der Waals surface area contributed by atoms with Crippen molar-refractivity contribution in [3.05, 3.63) is 29.8 Å². The van der Waals surface area contributed by atoms with Crippen LogP contribution in [0, 0.1) is 6.92 Å². The highest BCUT2D eigenvalue weighted by atomic mass is 16.2. The number of nitrogens with one attached hydrogen (secondary N) is 1. The first-order chi connectivity index (χ1) is 11.0. The number of benzene rings is 1. The third-order valence-corrected chi connectivity index (χ3v) is 4.06. The second kappa shape index (κ2) is 7.76. The van der Waals surface area contributed by atoms with E-state index in [4.69, 9.17) is 0 Å². The Kier molecular flexibility index (Phi) is 5.73. The summed E-state index contributed by atoms with van der Waals surface area (Å²) in [4.78, 5) is 38.7. The molecule has 2 amide bonds. The first-order valence-corrected chi connectivity index (χ1v) is 7.92. The molecule has 6 nitrogen and oxygen atoms in total. The molecule has 0 unspecified atom stereocenters. The molecule has 23 heavy (non-hydrogen) atoms. The van der Waals surface area contributed by atoms with E-state index in [0.717, 1.165) is 13.1 Å². The maximum absolute atomic E-state index is 12.1. The van der Waals surface area contributed by atoms with Crippen LogP contribution in [0.4, 0.5) is 5.69 Å². The van der Waals surface area contributed by atoms with Gasteiger partial charge < -0.3 is 15.1 Å². The Balaban J connectivity index is 1.82. The Labute approximate surface area is 136 Å². The van der Waals surface area contributed by atoms with Gasteiger partial charge in [-0.3, -0.25) is 14.4 Å². The fraction of sp³-hybridized carbons (Fsp3) is 0.471. The number of hydrogen-bond donors (Lipinski definition) is 1. The summed E-state index contributed by atoms with van der Waals surface area (Å²) < 4.78 is 0. The van der Waals surface area contributed by atoms with E-state index >= 15 is 0 Å². The molecule has 6 heteroatoms. The van der Waals surface area contributed by atoms with Gasteiger partial charge in [-0.15, -0.1) is 0 Å². The van der Waals surface area contributed by atoms with Gasteiger partial charge >= 0.3 is 0 Å². The zero-order valence-corrected chi connectivity index (χ0v) is 13.7. The van der Waals surface area contributed by atoms with Crippen LogP contribution in [-0.2, 0) is 14.4 Å². The molecular weight excluding hydrogens is 294 g/mol. The highest BCUT2D eigenvalue weighted by molar-refractivity contribution is 6.36. The number of aryl methyl sites for hydroxylation is 1. The number of para-hydroxylation sites is 1. The first kappa shape index (κ1) is 17.0. The van der Waals surface area contributed by atoms with E-state index in [1.807, 2.05) is 12.1 Å². The van der Waals surface area contributed by atoms with Gasteiger partial charge in [0, 0.05) is 38.3 Å². The van der Waals surface area contributed by atoms with E-state index in [2.05, 4.69) is 29.3 Å². The molecule has 0 radical (unpaired) electrons. The normalized spacial score (nSPS) is 14.5. The van der Waals surface area contributed by atoms with Crippen LogP contribution in [-0.4, -0.2) is 55.2 Å². The van der Waals surface area contributed by atoms with E-state index in [0.29, 0.717) is 13.1 Å². The van der Waals surface area contributed by atoms with Gasteiger partial charge in [-0.05, 0) is 18.6 Å². The SMILES string of the molecule is CCC(=O)C(=O)NCC(=O)N1CCN(c2ccccc2C)CC1. The number of nitrogens with zero attached hydrogens (tertiary/aromatic N) is 2. The van der Waals surface area contributed by atoms with Crippen LogP contribution in [0.1, 0.15) is 18.9 Å². The summed E-state index contributed by atoms with van der Waals surface area (Å²) in [6.45, 7) is 6.34. The molecule has 1 aromatic carbocycles. The molecule has 0 aromatic heterocycles. The molecule has 0 bridgehead atoms. The largest absolute Gasteiger partial charge is 0.368 e. The van der Waals surface area contributed by atoms with Gasteiger partial charge in [0.05, 0.1) is 6.54 Å². The van der Waals surface area contributed by atoms with Crippen LogP contribution in [0.3, 0.4) is 0 Å². The summed E-state index contributed by atoms with van der Waals surface area (Å²) in [5.41, 5.74) is 2.42. The molecule has 1 aliphatic rings. The van der Waals surface area contributed by atoms with Crippen molar-refractivity contribution in [1.29, 1.82) is 0 Å². The van der Waals surface area contributed by atoms with E-state index in [1.165, 1.54) is 11.3 Å². The Hall–Kier alpha value is -2.37. The average Bonchev–Trinajstić information content (AvgIpc) is 2.59. The molecule has 0 spiro atoms. The zero-order valence-electron chi connectivity index (χ0n) is 13.7. The molecule has 2 rings (SSSR count). The summed E-state index contributed by atoms with van der Waals surface area (Å²) in [6.07, 6.45) is 0.148. The topological polar surface area (TPSA) is 69.7 Å². The minimum atomic E-state index is -0.681. The number of carbonyl (C=O) groups is 3. The highest BCUT2D eigenvalue weighted by Gasteiger charge is 2.22. The van der Waals surface area contributed by atoms with E-state index < -0.39 is 11.7 Å². The summed E-state index contributed by atoms with van der Waals surface area (Å²) >= 11 is 0. The number of amides is 2. The molecule has 124 valence electrons. The molecule has 0 saturated carbocycles. The predicted octanol–water partition coefficient (Wildman–Crippen LogP) is 0.739. The van der Waals surface area contributed by atoms with Crippen molar-refractivity contribution < 1.29 is 14.4 Å². The summed E-state index contributed by atoms with van der Waals surface area (Å²) in [5, 5.41) is 2.39. The van der Waals surface area contributed by atoms with Crippen LogP contribution in [0.25, 0.3) is 0 Å². The highest BCUT2D eigenvalue weighted by Crippen LogP contribution is 2.20. The number of anilines is 1. The molecule has 0 atom stereocenters. The molecule has 1 aromatic rings. The van der Waals surface area contributed by atoms with Crippen LogP contribution in [0.5, 0.6) is 0 Å². The van der Waals surface area contributed by atoms with Gasteiger partial charge in [-0.2, -0.15) is 0 Å². The van der Waals surface area contributed by atoms with Crippen molar-refractivity contribution in [2.75, 3.05) is 37.6 Å². The van der Waals surface area contributed by atoms with Gasteiger partial charge in [0.2, 0.25) is 11.7 Å². The Bertz CT molecular complexity index is 593. The standard InChI is InChI=1S/C17H23N3O3/c1-3-15(21)17(23)18-12-16(22)20-10-8-19(9-11-20)14-7-5-4-6-13(14)2/h4-7H,3,8-12H2,1-2H3,(H,18,23). The number of carbonyl (C=O) groups excluding carboxylic acids is 3. The molecule has 0 aliphatic carbocycles. The predicted molar refractivity (Wildman–Crippen MR) is 88.3 cm³/mol. The lowest BCUT2D eigenvalue weighted by Gasteiger charge is -2.36. The first-order valence-electron chi connectivity index (χ1n) is 7.92. The number of Topliss-reactive ketones (excluding diaryl/α,β-unsaturated/α-hetero) is 1. The molecule has 1 fully saturated rings. The molecule has 1 saturated heterocycles. The van der Waals surface area contributed by atoms with Crippen molar-refractivity contribution >= 4 is 23.3 Å². The van der Waals surface area contributed by atoms with Crippen molar-refractivity contribution in [2.45, 2.75) is 20.3 Å². The Morgan fingerprint density at radius 3 is 2.35 bits per heavy atom. The van der Waals surface area contributed by atoms with Crippen LogP contribution >= 0.6 is 0 Å². The number of hydrogen-bond acceptors (Lipinski definition) is 4. The van der Waals surface area contributed by atoms with Gasteiger partial charge in [-0.25, -0.2) is 0 Å². The smallest absolute Gasteiger partial charge is 0.287 e. The van der Waals surface area contributed by atoms with Gasteiger partial charge in [0.1, 0.15) is 0 Å². The van der Waals surface area contributed by atoms with E-state index in [-0.39, 0.29) is 18.9 Å². The Morgan fingerprint density at radius 1 is 1.09 bits per heavy atom. The van der Waals surface area contributed by atoms with Crippen LogP contribution in [0.2, 0.25) is 0 Å². The summed E-state index contributed by atoms with van der Waals surface area (Å²) in [6, 6.07) is 8.19. The fourth-order valence-electron chi connectivity index (χ4n) is 2.64. The number of piperazine rings is 1. The third kappa shape index (κ3) is 4.31. The van der Waals surface area contributed by atoms with Crippen molar-refractivity contribution in [1.82, 2.24) is 10.2 Å². The monoisotopic (exact) mass is 317 g/mol. The number of ketones is 1. The molecular formula is C17H23N3O3. The van der Waals surface area contributed by atoms with Crippen LogP contribution in [0.15, 0.2) is 24.3 Å². The lowest BCUT2D eigenvalue weighted by molar-refractivity contribution is -0.139. The zero-order chi connectivity index (χ0) is 16.8. The quantitative estimate of drug-likeness (QED) is 0.813. The van der Waals surface area contributed by atoms with Crippen molar-refractivity contribution in [3.8, 4) is 0 Å². The average molecular weight is 317 g/mol. The molecule has 1 N–H and O–H groups in total. The van der Waals surface area contributed by atoms with Crippen LogP contribution < -0.4 is 10.2 Å². The Morgan fingerprint density at radius 2 is 1.74 bits per heavy atom. The van der Waals surface area contributed by atoms with Gasteiger partial charge in [0.25, 0.3) is 5.91 Å². The van der Waals surface area contributed by atoms with Gasteiger partial charge in [0.15, 0.2) is 0 Å². The maximum atomic E-state index is 12.1. The van der Waals surface area contributed by atoms with E-state index in [9.17, 15) is 14.4 Å². The third-order valence-electron chi connectivity index (χ3n) is 4.06. The van der Waals surface area contributed by atoms with E-state index in [1.54, 1.807) is 11.8 Å². The van der Waals surface area contributed by atoms with Crippen molar-refractivity contribution in [2.24, 2.45) is 0 Å². The second-order valence-corrected chi connectivity index (χ2v) is 5.61. The maximum Gasteiger partial charge on any atom is 0.287 e. The summed E-state index contributed by atoms with van der Waals surface area (Å²) in [5.74, 6) is -1.33. The lowest BCUT2D eigenvalue weighted by Crippen LogP contribution is -2.51. The lowest BCUT2D eigenvalue weighted by atomic mass is 10.1. The van der Waals surface area contributed by atoms with Crippen molar-refractivity contribution in [3.63, 3.8) is 0 Å². The minimum Gasteiger partial charge on any atom is -0.368 e. The minimum absolute atomic E-state index is 0.116. The van der Waals surface area contributed by atoms with Gasteiger partial charge in [-0.1, -0.05) is 25.1 Å². The number of rotatable bonds is 5. The molecule has 1 aliphatic heterocycles. The second-order valence-electron chi connectivity index (χ2n) is 5.61.